The van der Waals surface area contributed by atoms with Gasteiger partial charge in [-0.3, -0.25) is 9.80 Å². The zero-order valence-electron chi connectivity index (χ0n) is 17.5. The fourth-order valence-corrected chi connectivity index (χ4v) is 5.01. The molecule has 0 unspecified atom stereocenters. The lowest BCUT2D eigenvalue weighted by Crippen LogP contribution is -2.63. The van der Waals surface area contributed by atoms with Crippen molar-refractivity contribution >= 4 is 52.1 Å². The number of benzene rings is 2. The summed E-state index contributed by atoms with van der Waals surface area (Å²) < 4.78 is 0.616. The SMILES string of the molecule is CC[N+]1(NC(=O)C2=NN(c3ccc(Cl)cc3Cl)[C@@H](c3ccc(Cl)cc3)C2)CCCCC1. The second-order valence-electron chi connectivity index (χ2n) is 8.17. The summed E-state index contributed by atoms with van der Waals surface area (Å²) in [5, 5.41) is 8.26. The summed E-state index contributed by atoms with van der Waals surface area (Å²) in [5.41, 5.74) is 5.50. The van der Waals surface area contributed by atoms with Gasteiger partial charge in [-0.05, 0) is 62.1 Å². The number of hydrogen-bond donors (Lipinski definition) is 1. The number of nitrogens with zero attached hydrogens (tertiary/aromatic N) is 3. The molecule has 2 aliphatic heterocycles. The molecule has 0 bridgehead atoms. The third kappa shape index (κ3) is 4.85. The molecular weight excluding hydrogens is 455 g/mol. The van der Waals surface area contributed by atoms with E-state index in [-0.39, 0.29) is 11.9 Å². The maximum absolute atomic E-state index is 13.3. The van der Waals surface area contributed by atoms with Crippen LogP contribution in [0.3, 0.4) is 0 Å². The number of carbonyl (C=O) groups is 1. The van der Waals surface area contributed by atoms with Crippen LogP contribution < -0.4 is 10.4 Å². The predicted molar refractivity (Wildman–Crippen MR) is 128 cm³/mol. The van der Waals surface area contributed by atoms with Crippen LogP contribution in [0.25, 0.3) is 0 Å². The summed E-state index contributed by atoms with van der Waals surface area (Å²) in [6.45, 7) is 4.91. The van der Waals surface area contributed by atoms with Gasteiger partial charge in [0.25, 0.3) is 0 Å². The van der Waals surface area contributed by atoms with E-state index in [4.69, 9.17) is 39.9 Å². The van der Waals surface area contributed by atoms with Crippen molar-refractivity contribution in [3.8, 4) is 0 Å². The molecule has 5 nitrogen and oxygen atoms in total. The summed E-state index contributed by atoms with van der Waals surface area (Å²) >= 11 is 18.7. The van der Waals surface area contributed by atoms with Crippen molar-refractivity contribution in [1.29, 1.82) is 0 Å². The van der Waals surface area contributed by atoms with Crippen LogP contribution in [0, 0.1) is 0 Å². The highest BCUT2D eigenvalue weighted by atomic mass is 35.5. The van der Waals surface area contributed by atoms with Gasteiger partial charge in [0.15, 0.2) is 0 Å². The van der Waals surface area contributed by atoms with Gasteiger partial charge in [0.05, 0.1) is 23.3 Å². The highest BCUT2D eigenvalue weighted by Gasteiger charge is 2.37. The van der Waals surface area contributed by atoms with E-state index in [1.54, 1.807) is 12.1 Å². The first-order valence-electron chi connectivity index (χ1n) is 10.7. The van der Waals surface area contributed by atoms with Crippen LogP contribution in [-0.2, 0) is 4.79 Å². The minimum atomic E-state index is -0.159. The molecule has 0 aromatic heterocycles. The molecule has 2 aliphatic rings. The third-order valence-corrected chi connectivity index (χ3v) is 6.99. The average Bonchev–Trinajstić information content (AvgIpc) is 3.20. The number of rotatable bonds is 5. The number of hydrogen-bond acceptors (Lipinski definition) is 3. The number of quaternary nitrogens is 1. The lowest BCUT2D eigenvalue weighted by atomic mass is 10.0. The molecule has 0 spiro atoms. The number of piperidine rings is 1. The maximum atomic E-state index is 13.3. The lowest BCUT2D eigenvalue weighted by molar-refractivity contribution is -0.963. The van der Waals surface area contributed by atoms with E-state index in [1.165, 1.54) is 6.42 Å². The van der Waals surface area contributed by atoms with Crippen molar-refractivity contribution in [1.82, 2.24) is 5.43 Å². The van der Waals surface area contributed by atoms with Crippen LogP contribution in [-0.4, -0.2) is 35.8 Å². The van der Waals surface area contributed by atoms with E-state index in [1.807, 2.05) is 35.3 Å². The number of halogens is 3. The van der Waals surface area contributed by atoms with Gasteiger partial charge in [0, 0.05) is 16.5 Å². The highest BCUT2D eigenvalue weighted by Crippen LogP contribution is 2.40. The molecule has 0 aliphatic carbocycles. The van der Waals surface area contributed by atoms with Crippen LogP contribution in [0.1, 0.15) is 44.2 Å². The first-order chi connectivity index (χ1) is 14.9. The van der Waals surface area contributed by atoms with Crippen molar-refractivity contribution in [2.45, 2.75) is 38.6 Å². The number of carbonyl (C=O) groups excluding carboxylic acids is 1. The van der Waals surface area contributed by atoms with E-state index in [0.717, 1.165) is 38.0 Å². The van der Waals surface area contributed by atoms with Crippen molar-refractivity contribution in [3.05, 3.63) is 63.1 Å². The Hall–Kier alpha value is -1.79. The molecule has 1 fully saturated rings. The van der Waals surface area contributed by atoms with Gasteiger partial charge in [-0.25, -0.2) is 4.59 Å². The Bertz CT molecular complexity index is 987. The standard InChI is InChI=1S/C23H25Cl3N4O/c1-2-30(12-4-3-5-13-30)28-23(31)20-15-22(16-6-8-17(24)9-7-16)29(27-20)21-11-10-18(25)14-19(21)26/h6-11,14,22H,2-5,12-13,15H2,1H3/p+1/t22-/m1/s1. The average molecular weight is 481 g/mol. The van der Waals surface area contributed by atoms with Crippen LogP contribution in [0.15, 0.2) is 47.6 Å². The fourth-order valence-electron chi connectivity index (χ4n) is 4.39. The molecular formula is C23H26Cl3N4O+. The molecule has 4 rings (SSSR count). The van der Waals surface area contributed by atoms with E-state index in [0.29, 0.717) is 37.5 Å². The van der Waals surface area contributed by atoms with Gasteiger partial charge in [-0.1, -0.05) is 46.9 Å². The van der Waals surface area contributed by atoms with E-state index in [2.05, 4.69) is 12.3 Å². The molecule has 0 radical (unpaired) electrons. The molecule has 31 heavy (non-hydrogen) atoms. The zero-order valence-corrected chi connectivity index (χ0v) is 19.7. The van der Waals surface area contributed by atoms with Crippen molar-refractivity contribution < 1.29 is 9.39 Å². The summed E-state index contributed by atoms with van der Waals surface area (Å²) in [6, 6.07) is 12.8. The van der Waals surface area contributed by atoms with Crippen molar-refractivity contribution in [2.24, 2.45) is 5.10 Å². The fraction of sp³-hybridized carbons (Fsp3) is 0.391. The number of nitrogens with one attached hydrogen (secondary N) is 1. The molecule has 0 saturated carbocycles. The Labute approximate surface area is 198 Å². The quantitative estimate of drug-likeness (QED) is 0.533. The molecule has 2 heterocycles. The summed E-state index contributed by atoms with van der Waals surface area (Å²) in [6.07, 6.45) is 3.95. The largest absolute Gasteiger partial charge is 0.312 e. The first-order valence-corrected chi connectivity index (χ1v) is 11.8. The number of amides is 1. The van der Waals surface area contributed by atoms with E-state index < -0.39 is 0 Å². The Morgan fingerprint density at radius 3 is 2.39 bits per heavy atom. The Morgan fingerprint density at radius 1 is 1.06 bits per heavy atom. The first kappa shape index (κ1) is 22.4. The van der Waals surface area contributed by atoms with Crippen LogP contribution in [0.5, 0.6) is 0 Å². The zero-order chi connectivity index (χ0) is 22.0. The molecule has 8 heteroatoms. The molecule has 1 N–H and O–H groups in total. The number of hydrazone groups is 1. The Morgan fingerprint density at radius 2 is 1.74 bits per heavy atom. The summed E-state index contributed by atoms with van der Waals surface area (Å²) in [7, 11) is 0. The Kier molecular flexibility index (Phi) is 6.77. The smallest absolute Gasteiger partial charge is 0.263 e. The predicted octanol–water partition coefficient (Wildman–Crippen LogP) is 6.01. The van der Waals surface area contributed by atoms with Crippen molar-refractivity contribution in [3.63, 3.8) is 0 Å². The normalized spacial score (nSPS) is 20.5. The lowest BCUT2D eigenvalue weighted by Gasteiger charge is -2.39. The topological polar surface area (TPSA) is 44.7 Å². The summed E-state index contributed by atoms with van der Waals surface area (Å²) in [4.78, 5) is 13.3. The monoisotopic (exact) mass is 479 g/mol. The minimum Gasteiger partial charge on any atom is -0.263 e. The maximum Gasteiger partial charge on any atom is 0.312 e. The van der Waals surface area contributed by atoms with E-state index in [9.17, 15) is 4.79 Å². The van der Waals surface area contributed by atoms with Crippen LogP contribution in [0.4, 0.5) is 5.69 Å². The molecule has 1 saturated heterocycles. The highest BCUT2D eigenvalue weighted by molar-refractivity contribution is 6.40. The van der Waals surface area contributed by atoms with Gasteiger partial charge in [-0.2, -0.15) is 10.5 Å². The molecule has 164 valence electrons. The number of likely N-dealkylation sites (tertiary alicyclic amines) is 1. The molecule has 1 amide bonds. The van der Waals surface area contributed by atoms with Crippen LogP contribution in [0.2, 0.25) is 15.1 Å². The Balaban J connectivity index is 1.65. The second kappa shape index (κ2) is 9.37. The van der Waals surface area contributed by atoms with E-state index >= 15 is 0 Å². The molecule has 1 atom stereocenters. The van der Waals surface area contributed by atoms with Gasteiger partial charge in [0.1, 0.15) is 18.8 Å². The summed E-state index contributed by atoms with van der Waals surface area (Å²) in [5.74, 6) is -0.115. The molecule has 2 aromatic rings. The van der Waals surface area contributed by atoms with Gasteiger partial charge in [0.2, 0.25) is 0 Å². The second-order valence-corrected chi connectivity index (χ2v) is 9.45. The molecule has 2 aromatic carbocycles. The van der Waals surface area contributed by atoms with Gasteiger partial charge < -0.3 is 0 Å². The minimum absolute atomic E-state index is 0.115. The number of anilines is 1. The van der Waals surface area contributed by atoms with Crippen molar-refractivity contribution in [2.75, 3.05) is 24.6 Å². The van der Waals surface area contributed by atoms with Gasteiger partial charge >= 0.3 is 5.91 Å². The van der Waals surface area contributed by atoms with Crippen LogP contribution >= 0.6 is 34.8 Å². The third-order valence-electron chi connectivity index (χ3n) is 6.20. The van der Waals surface area contributed by atoms with Gasteiger partial charge in [-0.15, -0.1) is 0 Å².